The minimum absolute atomic E-state index is 0.307. The molecule has 0 unspecified atom stereocenters. The third-order valence-electron chi connectivity index (χ3n) is 5.44. The predicted octanol–water partition coefficient (Wildman–Crippen LogP) is 6.04. The topological polar surface area (TPSA) is 94.1 Å². The van der Waals surface area contributed by atoms with Crippen LogP contribution in [-0.2, 0) is 27.1 Å². The van der Waals surface area contributed by atoms with E-state index in [1.165, 1.54) is 0 Å². The Morgan fingerprint density at radius 1 is 0.946 bits per heavy atom. The fraction of sp³-hybridized carbons (Fsp3) is 0.333. The molecule has 37 heavy (non-hydrogen) atoms. The van der Waals surface area contributed by atoms with Crippen LogP contribution in [0.3, 0.4) is 0 Å². The lowest BCUT2D eigenvalue weighted by Crippen LogP contribution is -2.26. The normalized spacial score (nSPS) is 12.0. The van der Waals surface area contributed by atoms with Crippen LogP contribution in [0.2, 0.25) is 0 Å². The van der Waals surface area contributed by atoms with Gasteiger partial charge in [0, 0.05) is 30.8 Å². The van der Waals surface area contributed by atoms with Gasteiger partial charge >= 0.3 is 11.9 Å². The molecule has 0 aromatic heterocycles. The largest absolute Gasteiger partial charge is 0.493 e. The number of carbonyl (C=O) groups excluding carboxylic acids is 1. The summed E-state index contributed by atoms with van der Waals surface area (Å²) < 4.78 is 16.6. The maximum absolute atomic E-state index is 12.3. The molecule has 0 aliphatic heterocycles. The summed E-state index contributed by atoms with van der Waals surface area (Å²) in [6.45, 7) is 8.14. The average molecular weight is 506 g/mol. The molecule has 0 bridgehead atoms. The molecule has 1 atom stereocenters. The van der Waals surface area contributed by atoms with E-state index in [1.807, 2.05) is 81.4 Å². The standard InChI is InChI=1S/C30H35NO6/c1-5-35-27(28(32)33)20-21-10-16-25(17-11-21)36-19-18-22-8-6-7-9-26(22)31-24-14-12-23(13-15-24)29(34)37-30(2,3)4/h6-17,27,31H,5,18-20H2,1-4H3,(H,32,33)/t27-/m0/s1. The third-order valence-corrected chi connectivity index (χ3v) is 5.44. The first-order valence-electron chi connectivity index (χ1n) is 12.4. The molecule has 0 spiro atoms. The first kappa shape index (κ1) is 27.7. The van der Waals surface area contributed by atoms with Gasteiger partial charge in [-0.25, -0.2) is 9.59 Å². The van der Waals surface area contributed by atoms with Gasteiger partial charge in [0.1, 0.15) is 11.4 Å². The number of esters is 1. The third kappa shape index (κ3) is 8.95. The molecule has 3 aromatic carbocycles. The van der Waals surface area contributed by atoms with Crippen LogP contribution in [0.15, 0.2) is 72.8 Å². The monoisotopic (exact) mass is 505 g/mol. The van der Waals surface area contributed by atoms with Crippen LogP contribution in [0.1, 0.15) is 49.2 Å². The summed E-state index contributed by atoms with van der Waals surface area (Å²) in [6, 6.07) is 22.6. The summed E-state index contributed by atoms with van der Waals surface area (Å²) in [5.41, 5.74) is 3.76. The van der Waals surface area contributed by atoms with E-state index in [0.29, 0.717) is 31.6 Å². The van der Waals surface area contributed by atoms with Gasteiger partial charge in [0.05, 0.1) is 12.2 Å². The molecule has 7 heteroatoms. The summed E-state index contributed by atoms with van der Waals surface area (Å²) in [4.78, 5) is 23.5. The first-order valence-corrected chi connectivity index (χ1v) is 12.4. The van der Waals surface area contributed by atoms with Crippen molar-refractivity contribution in [3.63, 3.8) is 0 Å². The summed E-state index contributed by atoms with van der Waals surface area (Å²) >= 11 is 0. The number of ether oxygens (including phenoxy) is 3. The van der Waals surface area contributed by atoms with Crippen molar-refractivity contribution in [2.45, 2.75) is 52.2 Å². The van der Waals surface area contributed by atoms with Crippen molar-refractivity contribution in [2.24, 2.45) is 0 Å². The Bertz CT molecular complexity index is 1170. The summed E-state index contributed by atoms with van der Waals surface area (Å²) in [5.74, 6) is -0.593. The molecule has 0 radical (unpaired) electrons. The number of hydrogen-bond donors (Lipinski definition) is 2. The minimum Gasteiger partial charge on any atom is -0.493 e. The number of rotatable bonds is 12. The number of hydrogen-bond acceptors (Lipinski definition) is 6. The van der Waals surface area contributed by atoms with E-state index < -0.39 is 17.7 Å². The second-order valence-electron chi connectivity index (χ2n) is 9.59. The molecular weight excluding hydrogens is 470 g/mol. The molecule has 0 amide bonds. The molecule has 3 aromatic rings. The highest BCUT2D eigenvalue weighted by molar-refractivity contribution is 5.90. The highest BCUT2D eigenvalue weighted by Crippen LogP contribution is 2.23. The van der Waals surface area contributed by atoms with E-state index in [9.17, 15) is 14.7 Å². The molecule has 0 heterocycles. The first-order chi connectivity index (χ1) is 17.6. The lowest BCUT2D eigenvalue weighted by Gasteiger charge is -2.19. The van der Waals surface area contributed by atoms with Gasteiger partial charge in [-0.15, -0.1) is 0 Å². The molecule has 0 saturated carbocycles. The van der Waals surface area contributed by atoms with Crippen molar-refractivity contribution in [1.82, 2.24) is 0 Å². The smallest absolute Gasteiger partial charge is 0.338 e. The Morgan fingerprint density at radius 2 is 1.62 bits per heavy atom. The Morgan fingerprint density at radius 3 is 2.24 bits per heavy atom. The summed E-state index contributed by atoms with van der Waals surface area (Å²) in [6.07, 6.45) is 0.141. The molecule has 0 aliphatic rings. The van der Waals surface area contributed by atoms with Gasteiger partial charge in [-0.05, 0) is 81.3 Å². The number of carboxylic acids is 1. The lowest BCUT2D eigenvalue weighted by molar-refractivity contribution is -0.149. The van der Waals surface area contributed by atoms with E-state index in [-0.39, 0.29) is 5.97 Å². The Balaban J connectivity index is 1.55. The lowest BCUT2D eigenvalue weighted by atomic mass is 10.1. The van der Waals surface area contributed by atoms with Gasteiger partial charge in [0.2, 0.25) is 0 Å². The van der Waals surface area contributed by atoms with Crippen LogP contribution >= 0.6 is 0 Å². The number of anilines is 2. The maximum atomic E-state index is 12.3. The van der Waals surface area contributed by atoms with Crippen LogP contribution in [-0.4, -0.2) is 42.0 Å². The number of nitrogens with one attached hydrogen (secondary N) is 1. The summed E-state index contributed by atoms with van der Waals surface area (Å²) in [7, 11) is 0. The maximum Gasteiger partial charge on any atom is 0.338 e. The molecule has 7 nitrogen and oxygen atoms in total. The fourth-order valence-corrected chi connectivity index (χ4v) is 3.68. The van der Waals surface area contributed by atoms with Crippen molar-refractivity contribution in [1.29, 1.82) is 0 Å². The zero-order valence-corrected chi connectivity index (χ0v) is 21.8. The average Bonchev–Trinajstić information content (AvgIpc) is 2.85. The quantitative estimate of drug-likeness (QED) is 0.290. The van der Waals surface area contributed by atoms with Crippen LogP contribution in [0, 0.1) is 0 Å². The molecular formula is C30H35NO6. The van der Waals surface area contributed by atoms with E-state index in [4.69, 9.17) is 14.2 Å². The van der Waals surface area contributed by atoms with E-state index >= 15 is 0 Å². The van der Waals surface area contributed by atoms with Gasteiger partial charge < -0.3 is 24.6 Å². The zero-order chi connectivity index (χ0) is 26.8. The molecule has 3 rings (SSSR count). The highest BCUT2D eigenvalue weighted by Gasteiger charge is 2.18. The Labute approximate surface area is 218 Å². The minimum atomic E-state index is -0.964. The van der Waals surface area contributed by atoms with Crippen LogP contribution < -0.4 is 10.1 Å². The van der Waals surface area contributed by atoms with E-state index in [1.54, 1.807) is 19.1 Å². The van der Waals surface area contributed by atoms with Gasteiger partial charge in [0.25, 0.3) is 0 Å². The Hall–Kier alpha value is -3.84. The number of aliphatic carboxylic acids is 1. The van der Waals surface area contributed by atoms with Gasteiger partial charge in [-0.3, -0.25) is 0 Å². The molecule has 0 aliphatic carbocycles. The van der Waals surface area contributed by atoms with E-state index in [0.717, 1.165) is 28.3 Å². The molecule has 2 N–H and O–H groups in total. The number of para-hydroxylation sites is 1. The number of carboxylic acid groups (broad SMARTS) is 1. The molecule has 0 fully saturated rings. The van der Waals surface area contributed by atoms with Crippen LogP contribution in [0.4, 0.5) is 11.4 Å². The van der Waals surface area contributed by atoms with Crippen LogP contribution in [0.5, 0.6) is 5.75 Å². The van der Waals surface area contributed by atoms with Gasteiger partial charge in [0.15, 0.2) is 6.10 Å². The Kier molecular flexibility index (Phi) is 9.69. The second-order valence-corrected chi connectivity index (χ2v) is 9.59. The van der Waals surface area contributed by atoms with E-state index in [2.05, 4.69) is 5.32 Å². The highest BCUT2D eigenvalue weighted by atomic mass is 16.6. The predicted molar refractivity (Wildman–Crippen MR) is 144 cm³/mol. The number of carbonyl (C=O) groups is 2. The fourth-order valence-electron chi connectivity index (χ4n) is 3.68. The zero-order valence-electron chi connectivity index (χ0n) is 21.8. The van der Waals surface area contributed by atoms with Gasteiger partial charge in [-0.2, -0.15) is 0 Å². The number of benzene rings is 3. The molecule has 196 valence electrons. The second kappa shape index (κ2) is 12.9. The van der Waals surface area contributed by atoms with Crippen LogP contribution in [0.25, 0.3) is 0 Å². The SMILES string of the molecule is CCO[C@@H](Cc1ccc(OCCc2ccccc2Nc2ccc(C(=O)OC(C)(C)C)cc2)cc1)C(=O)O. The van der Waals surface area contributed by atoms with Crippen molar-refractivity contribution >= 4 is 23.3 Å². The van der Waals surface area contributed by atoms with Crippen molar-refractivity contribution in [3.8, 4) is 5.75 Å². The van der Waals surface area contributed by atoms with Crippen molar-refractivity contribution < 1.29 is 28.9 Å². The molecule has 0 saturated heterocycles. The van der Waals surface area contributed by atoms with Crippen molar-refractivity contribution in [2.75, 3.05) is 18.5 Å². The van der Waals surface area contributed by atoms with Crippen molar-refractivity contribution in [3.05, 3.63) is 89.5 Å². The van der Waals surface area contributed by atoms with Gasteiger partial charge in [-0.1, -0.05) is 30.3 Å². The summed E-state index contributed by atoms with van der Waals surface area (Å²) in [5, 5.41) is 12.7.